The van der Waals surface area contributed by atoms with Gasteiger partial charge in [0.15, 0.2) is 5.13 Å². The van der Waals surface area contributed by atoms with Crippen molar-refractivity contribution >= 4 is 28.2 Å². The topological polar surface area (TPSA) is 54.0 Å². The van der Waals surface area contributed by atoms with Gasteiger partial charge in [-0.05, 0) is 38.1 Å². The Morgan fingerprint density at radius 2 is 1.89 bits per heavy atom. The third-order valence-electron chi connectivity index (χ3n) is 2.35. The van der Waals surface area contributed by atoms with Crippen molar-refractivity contribution < 1.29 is 9.18 Å². The van der Waals surface area contributed by atoms with Gasteiger partial charge in [0, 0.05) is 10.6 Å². The van der Waals surface area contributed by atoms with E-state index in [1.54, 1.807) is 0 Å². The maximum atomic E-state index is 12.7. The molecule has 2 rings (SSSR count). The van der Waals surface area contributed by atoms with Crippen molar-refractivity contribution in [1.29, 1.82) is 0 Å². The SMILES string of the molecule is Cc1nc(NC(=O)Nc2ccc(F)cc2)sc1C. The molecule has 2 amide bonds. The van der Waals surface area contributed by atoms with E-state index in [0.29, 0.717) is 10.8 Å². The number of nitrogens with one attached hydrogen (secondary N) is 2. The zero-order valence-electron chi connectivity index (χ0n) is 9.95. The lowest BCUT2D eigenvalue weighted by Gasteiger charge is -2.04. The lowest BCUT2D eigenvalue weighted by molar-refractivity contribution is 0.262. The van der Waals surface area contributed by atoms with Crippen LogP contribution >= 0.6 is 11.3 Å². The highest BCUT2D eigenvalue weighted by molar-refractivity contribution is 7.15. The number of aryl methyl sites for hydroxylation is 2. The number of anilines is 2. The molecule has 0 bridgehead atoms. The van der Waals surface area contributed by atoms with Crippen molar-refractivity contribution in [2.75, 3.05) is 10.6 Å². The van der Waals surface area contributed by atoms with Gasteiger partial charge in [0.05, 0.1) is 5.69 Å². The molecule has 0 fully saturated rings. The standard InChI is InChI=1S/C12H12FN3OS/c1-7-8(2)18-12(14-7)16-11(17)15-10-5-3-9(13)4-6-10/h3-6H,1-2H3,(H2,14,15,16,17). The molecule has 2 aromatic rings. The Bertz CT molecular complexity index is 546. The van der Waals surface area contributed by atoms with Gasteiger partial charge in [0.25, 0.3) is 0 Å². The molecule has 94 valence electrons. The van der Waals surface area contributed by atoms with Gasteiger partial charge in [-0.3, -0.25) is 5.32 Å². The van der Waals surface area contributed by atoms with Gasteiger partial charge in [-0.25, -0.2) is 14.2 Å². The molecule has 0 radical (unpaired) electrons. The first-order chi connectivity index (χ1) is 8.54. The fourth-order valence-electron chi connectivity index (χ4n) is 1.32. The van der Waals surface area contributed by atoms with Gasteiger partial charge in [0.1, 0.15) is 5.82 Å². The van der Waals surface area contributed by atoms with Crippen LogP contribution in [-0.4, -0.2) is 11.0 Å². The van der Waals surface area contributed by atoms with E-state index in [2.05, 4.69) is 15.6 Å². The van der Waals surface area contributed by atoms with Crippen molar-refractivity contribution in [3.05, 3.63) is 40.7 Å². The summed E-state index contributed by atoms with van der Waals surface area (Å²) < 4.78 is 12.7. The lowest BCUT2D eigenvalue weighted by Crippen LogP contribution is -2.19. The van der Waals surface area contributed by atoms with Gasteiger partial charge in [-0.1, -0.05) is 0 Å². The molecule has 0 saturated carbocycles. The molecule has 6 heteroatoms. The summed E-state index contributed by atoms with van der Waals surface area (Å²) in [5.41, 5.74) is 1.43. The maximum absolute atomic E-state index is 12.7. The maximum Gasteiger partial charge on any atom is 0.325 e. The summed E-state index contributed by atoms with van der Waals surface area (Å²) in [5.74, 6) is -0.341. The Hall–Kier alpha value is -1.95. The van der Waals surface area contributed by atoms with E-state index in [0.717, 1.165) is 10.6 Å². The summed E-state index contributed by atoms with van der Waals surface area (Å²) in [5, 5.41) is 5.77. The van der Waals surface area contributed by atoms with E-state index < -0.39 is 6.03 Å². The van der Waals surface area contributed by atoms with E-state index in [4.69, 9.17) is 0 Å². The summed E-state index contributed by atoms with van der Waals surface area (Å²) in [6.45, 7) is 3.82. The van der Waals surface area contributed by atoms with E-state index in [9.17, 15) is 9.18 Å². The van der Waals surface area contributed by atoms with E-state index in [1.165, 1.54) is 35.6 Å². The van der Waals surface area contributed by atoms with Crippen LogP contribution < -0.4 is 10.6 Å². The molecule has 2 N–H and O–H groups in total. The second kappa shape index (κ2) is 5.14. The number of hydrogen-bond donors (Lipinski definition) is 2. The van der Waals surface area contributed by atoms with Crippen molar-refractivity contribution in [1.82, 2.24) is 4.98 Å². The molecule has 0 aliphatic heterocycles. The van der Waals surface area contributed by atoms with Crippen molar-refractivity contribution in [2.24, 2.45) is 0 Å². The summed E-state index contributed by atoms with van der Waals surface area (Å²) in [6.07, 6.45) is 0. The molecule has 0 saturated heterocycles. The second-order valence-electron chi connectivity index (χ2n) is 3.75. The first kappa shape index (κ1) is 12.5. The van der Waals surface area contributed by atoms with Gasteiger partial charge in [0.2, 0.25) is 0 Å². The van der Waals surface area contributed by atoms with Crippen molar-refractivity contribution in [2.45, 2.75) is 13.8 Å². The number of nitrogens with zero attached hydrogens (tertiary/aromatic N) is 1. The quantitative estimate of drug-likeness (QED) is 0.872. The van der Waals surface area contributed by atoms with Gasteiger partial charge in [-0.2, -0.15) is 0 Å². The fraction of sp³-hybridized carbons (Fsp3) is 0.167. The highest BCUT2D eigenvalue weighted by Gasteiger charge is 2.07. The molecule has 1 aromatic carbocycles. The van der Waals surface area contributed by atoms with Crippen LogP contribution in [0.3, 0.4) is 0 Å². The summed E-state index contributed by atoms with van der Waals surface area (Å²) in [6, 6.07) is 5.16. The summed E-state index contributed by atoms with van der Waals surface area (Å²) >= 11 is 1.41. The Morgan fingerprint density at radius 3 is 2.44 bits per heavy atom. The normalized spacial score (nSPS) is 10.2. The van der Waals surface area contributed by atoms with Gasteiger partial charge < -0.3 is 5.32 Å². The number of amides is 2. The zero-order chi connectivity index (χ0) is 13.1. The fourth-order valence-corrected chi connectivity index (χ4v) is 2.13. The Morgan fingerprint density at radius 1 is 1.22 bits per heavy atom. The largest absolute Gasteiger partial charge is 0.325 e. The molecule has 18 heavy (non-hydrogen) atoms. The van der Waals surface area contributed by atoms with Gasteiger partial charge in [-0.15, -0.1) is 11.3 Å². The number of rotatable bonds is 2. The smallest absolute Gasteiger partial charge is 0.308 e. The molecule has 4 nitrogen and oxygen atoms in total. The Balaban J connectivity index is 1.98. The van der Waals surface area contributed by atoms with Crippen molar-refractivity contribution in [3.8, 4) is 0 Å². The third kappa shape index (κ3) is 3.04. The molecule has 0 aliphatic rings. The van der Waals surface area contributed by atoms with Crippen LogP contribution in [0.1, 0.15) is 10.6 Å². The minimum absolute atomic E-state index is 0.341. The highest BCUT2D eigenvalue weighted by Crippen LogP contribution is 2.21. The van der Waals surface area contributed by atoms with Crippen LogP contribution in [0.25, 0.3) is 0 Å². The monoisotopic (exact) mass is 265 g/mol. The average Bonchev–Trinajstić information content (AvgIpc) is 2.61. The van der Waals surface area contributed by atoms with Gasteiger partial charge >= 0.3 is 6.03 Å². The van der Waals surface area contributed by atoms with Crippen LogP contribution in [0, 0.1) is 19.7 Å². The highest BCUT2D eigenvalue weighted by atomic mass is 32.1. The molecular weight excluding hydrogens is 253 g/mol. The number of urea groups is 1. The first-order valence-electron chi connectivity index (χ1n) is 5.32. The number of halogens is 1. The zero-order valence-corrected chi connectivity index (χ0v) is 10.8. The van der Waals surface area contributed by atoms with Crippen LogP contribution in [0.2, 0.25) is 0 Å². The second-order valence-corrected chi connectivity index (χ2v) is 4.95. The minimum Gasteiger partial charge on any atom is -0.308 e. The molecule has 0 atom stereocenters. The minimum atomic E-state index is -0.393. The van der Waals surface area contributed by atoms with E-state index in [1.807, 2.05) is 13.8 Å². The first-order valence-corrected chi connectivity index (χ1v) is 6.14. The van der Waals surface area contributed by atoms with Crippen LogP contribution in [-0.2, 0) is 0 Å². The molecule has 0 unspecified atom stereocenters. The van der Waals surface area contributed by atoms with Crippen molar-refractivity contribution in [3.63, 3.8) is 0 Å². The van der Waals surface area contributed by atoms with Crippen LogP contribution in [0.15, 0.2) is 24.3 Å². The van der Waals surface area contributed by atoms with E-state index >= 15 is 0 Å². The van der Waals surface area contributed by atoms with Crippen LogP contribution in [0.4, 0.5) is 20.0 Å². The molecule has 1 aromatic heterocycles. The lowest BCUT2D eigenvalue weighted by atomic mass is 10.3. The number of thiazole rings is 1. The average molecular weight is 265 g/mol. The van der Waals surface area contributed by atoms with E-state index in [-0.39, 0.29) is 5.82 Å². The number of hydrogen-bond acceptors (Lipinski definition) is 3. The predicted molar refractivity (Wildman–Crippen MR) is 70.6 cm³/mol. The van der Waals surface area contributed by atoms with Crippen LogP contribution in [0.5, 0.6) is 0 Å². The molecule has 0 spiro atoms. The predicted octanol–water partition coefficient (Wildman–Crippen LogP) is 3.54. The number of benzene rings is 1. The third-order valence-corrected chi connectivity index (χ3v) is 3.34. The Kier molecular flexibility index (Phi) is 3.57. The number of carbonyl (C=O) groups is 1. The summed E-state index contributed by atoms with van der Waals surface area (Å²) in [7, 11) is 0. The number of carbonyl (C=O) groups excluding carboxylic acids is 1. The molecule has 1 heterocycles. The number of aromatic nitrogens is 1. The molecular formula is C12H12FN3OS. The summed E-state index contributed by atoms with van der Waals surface area (Å²) in [4.78, 5) is 16.9. The Labute approximate surface area is 108 Å². The molecule has 0 aliphatic carbocycles.